The van der Waals surface area contributed by atoms with E-state index < -0.39 is 0 Å². The summed E-state index contributed by atoms with van der Waals surface area (Å²) in [5.41, 5.74) is 2.74. The Balaban J connectivity index is 1.74. The summed E-state index contributed by atoms with van der Waals surface area (Å²) in [7, 11) is 0. The van der Waals surface area contributed by atoms with Crippen LogP contribution in [0.3, 0.4) is 0 Å². The predicted molar refractivity (Wildman–Crippen MR) is 98.6 cm³/mol. The molecule has 1 aliphatic heterocycles. The maximum atomic E-state index is 13.3. The number of hydrogen-bond donors (Lipinski definition) is 3. The zero-order valence-electron chi connectivity index (χ0n) is 13.3. The van der Waals surface area contributed by atoms with Crippen LogP contribution >= 0.6 is 11.3 Å². The number of benzene rings is 2. The van der Waals surface area contributed by atoms with Gasteiger partial charge >= 0.3 is 0 Å². The number of phenols is 1. The largest absolute Gasteiger partial charge is 0.508 e. The Morgan fingerprint density at radius 3 is 2.48 bits per heavy atom. The lowest BCUT2D eigenvalue weighted by Crippen LogP contribution is -2.39. The summed E-state index contributed by atoms with van der Waals surface area (Å²) < 4.78 is 13.3. The molecule has 25 heavy (non-hydrogen) atoms. The molecule has 0 saturated carbocycles. The van der Waals surface area contributed by atoms with Crippen LogP contribution in [-0.2, 0) is 0 Å². The van der Waals surface area contributed by atoms with Gasteiger partial charge in [-0.2, -0.15) is 0 Å². The minimum Gasteiger partial charge on any atom is -0.508 e. The first-order chi connectivity index (χ1) is 12.2. The number of nitrogens with one attached hydrogen (secondary N) is 2. The molecule has 4 rings (SSSR count). The van der Waals surface area contributed by atoms with Gasteiger partial charge in [0.25, 0.3) is 0 Å². The molecule has 2 unspecified atom stereocenters. The summed E-state index contributed by atoms with van der Waals surface area (Å²) >= 11 is 1.65. The zero-order chi connectivity index (χ0) is 17.2. The molecule has 3 N–H and O–H groups in total. The van der Waals surface area contributed by atoms with Crippen molar-refractivity contribution in [2.75, 3.05) is 0 Å². The molecule has 0 aliphatic carbocycles. The molecule has 0 radical (unpaired) electrons. The molecule has 126 valence electrons. The van der Waals surface area contributed by atoms with Crippen LogP contribution in [0, 0.1) is 5.82 Å². The molecule has 2 atom stereocenters. The summed E-state index contributed by atoms with van der Waals surface area (Å²) in [5, 5.41) is 19.2. The molecule has 0 amide bonds. The van der Waals surface area contributed by atoms with Gasteiger partial charge in [0.2, 0.25) is 0 Å². The smallest absolute Gasteiger partial charge is 0.123 e. The molecule has 0 saturated heterocycles. The number of halogens is 1. The van der Waals surface area contributed by atoms with Crippen molar-refractivity contribution in [2.24, 2.45) is 0 Å². The lowest BCUT2D eigenvalue weighted by molar-refractivity contribution is 0.419. The molecule has 3 aromatic rings. The van der Waals surface area contributed by atoms with Gasteiger partial charge in [0.1, 0.15) is 17.7 Å². The van der Waals surface area contributed by atoms with Crippen molar-refractivity contribution in [3.8, 4) is 5.75 Å². The second-order valence-corrected chi connectivity index (χ2v) is 6.84. The minimum atomic E-state index is -0.258. The fourth-order valence-electron chi connectivity index (χ4n) is 2.99. The summed E-state index contributed by atoms with van der Waals surface area (Å²) in [6.07, 6.45) is 1.88. The predicted octanol–water partition coefficient (Wildman–Crippen LogP) is 4.57. The molecule has 3 nitrogen and oxygen atoms in total. The summed E-state index contributed by atoms with van der Waals surface area (Å²) in [6.45, 7) is 0. The monoisotopic (exact) mass is 352 g/mol. The molecule has 0 spiro atoms. The van der Waals surface area contributed by atoms with Gasteiger partial charge in [-0.15, -0.1) is 11.3 Å². The van der Waals surface area contributed by atoms with Crippen molar-refractivity contribution < 1.29 is 9.50 Å². The quantitative estimate of drug-likeness (QED) is 0.647. The van der Waals surface area contributed by atoms with Crippen LogP contribution in [0.5, 0.6) is 5.75 Å². The average molecular weight is 352 g/mol. The molecular formula is C20H17FN2OS. The second-order valence-electron chi connectivity index (χ2n) is 5.89. The Morgan fingerprint density at radius 2 is 1.76 bits per heavy atom. The van der Waals surface area contributed by atoms with E-state index in [1.54, 1.807) is 35.6 Å². The highest BCUT2D eigenvalue weighted by molar-refractivity contribution is 7.11. The minimum absolute atomic E-state index is 0.158. The van der Waals surface area contributed by atoms with E-state index in [9.17, 15) is 9.50 Å². The van der Waals surface area contributed by atoms with Crippen LogP contribution in [0.15, 0.2) is 72.1 Å². The molecule has 2 heterocycles. The highest BCUT2D eigenvalue weighted by Crippen LogP contribution is 2.34. The van der Waals surface area contributed by atoms with Gasteiger partial charge in [0, 0.05) is 10.4 Å². The van der Waals surface area contributed by atoms with Crippen LogP contribution in [-0.4, -0.2) is 5.11 Å². The Kier molecular flexibility index (Phi) is 4.26. The third-order valence-corrected chi connectivity index (χ3v) is 5.14. The van der Waals surface area contributed by atoms with E-state index in [2.05, 4.69) is 22.8 Å². The fraction of sp³-hybridized carbons (Fsp3) is 0.100. The fourth-order valence-corrected chi connectivity index (χ4v) is 3.70. The van der Waals surface area contributed by atoms with E-state index >= 15 is 0 Å². The van der Waals surface area contributed by atoms with Crippen LogP contribution in [0.25, 0.3) is 5.70 Å². The van der Waals surface area contributed by atoms with Crippen LogP contribution in [0.1, 0.15) is 28.2 Å². The van der Waals surface area contributed by atoms with E-state index in [1.165, 1.54) is 12.1 Å². The summed E-state index contributed by atoms with van der Waals surface area (Å²) in [4.78, 5) is 1.12. The lowest BCUT2D eigenvalue weighted by atomic mass is 10.00. The lowest BCUT2D eigenvalue weighted by Gasteiger charge is -2.33. The molecule has 0 fully saturated rings. The van der Waals surface area contributed by atoms with Crippen molar-refractivity contribution in [2.45, 2.75) is 12.2 Å². The van der Waals surface area contributed by atoms with Gasteiger partial charge in [-0.05, 0) is 41.3 Å². The average Bonchev–Trinajstić information content (AvgIpc) is 3.17. The van der Waals surface area contributed by atoms with E-state index in [0.29, 0.717) is 0 Å². The van der Waals surface area contributed by atoms with Crippen molar-refractivity contribution >= 4 is 17.0 Å². The van der Waals surface area contributed by atoms with Crippen molar-refractivity contribution in [1.29, 1.82) is 0 Å². The Labute approximate surface area is 149 Å². The molecule has 1 aromatic heterocycles. The number of hydrogen-bond acceptors (Lipinski definition) is 4. The third kappa shape index (κ3) is 3.29. The number of thiophene rings is 1. The van der Waals surface area contributed by atoms with Gasteiger partial charge in [-0.3, -0.25) is 5.32 Å². The maximum absolute atomic E-state index is 13.3. The number of rotatable bonds is 3. The van der Waals surface area contributed by atoms with Gasteiger partial charge in [0.05, 0.1) is 11.7 Å². The highest BCUT2D eigenvalue weighted by atomic mass is 32.1. The van der Waals surface area contributed by atoms with Crippen LogP contribution in [0.2, 0.25) is 0 Å². The number of aromatic hydroxyl groups is 1. The maximum Gasteiger partial charge on any atom is 0.123 e. The highest BCUT2D eigenvalue weighted by Gasteiger charge is 2.25. The molecule has 0 bridgehead atoms. The first-order valence-electron chi connectivity index (χ1n) is 8.02. The number of phenolic OH excluding ortho intramolecular Hbond substituents is 1. The summed E-state index contributed by atoms with van der Waals surface area (Å²) in [5.74, 6) is -0.00706. The molecule has 5 heteroatoms. The normalized spacial score (nSPS) is 20.0. The third-order valence-electron chi connectivity index (χ3n) is 4.24. The standard InChI is InChI=1S/C20H17FN2OS/c21-14-9-7-13(8-10-14)20-22-16(15-4-1-2-5-18(15)24)12-17(23-20)19-6-3-11-25-19/h1-12,16,20,22-24H. The van der Waals surface area contributed by atoms with Crippen molar-refractivity contribution in [1.82, 2.24) is 10.6 Å². The van der Waals surface area contributed by atoms with Gasteiger partial charge < -0.3 is 10.4 Å². The van der Waals surface area contributed by atoms with Gasteiger partial charge in [-0.1, -0.05) is 36.4 Å². The summed E-state index contributed by atoms with van der Waals surface area (Å²) in [6, 6.07) is 17.6. The zero-order valence-corrected chi connectivity index (χ0v) is 14.1. The molecule has 1 aliphatic rings. The van der Waals surface area contributed by atoms with Gasteiger partial charge in [0.15, 0.2) is 0 Å². The van der Waals surface area contributed by atoms with E-state index in [4.69, 9.17) is 0 Å². The Morgan fingerprint density at radius 1 is 0.960 bits per heavy atom. The number of para-hydroxylation sites is 1. The molecule has 2 aromatic carbocycles. The topological polar surface area (TPSA) is 44.3 Å². The van der Waals surface area contributed by atoms with E-state index in [-0.39, 0.29) is 23.8 Å². The Hall–Kier alpha value is -2.63. The first-order valence-corrected chi connectivity index (χ1v) is 8.90. The van der Waals surface area contributed by atoms with Crippen LogP contribution < -0.4 is 10.6 Å². The Bertz CT molecular complexity index is 890. The van der Waals surface area contributed by atoms with Crippen LogP contribution in [0.4, 0.5) is 4.39 Å². The molecular weight excluding hydrogens is 335 g/mol. The van der Waals surface area contributed by atoms with Crippen molar-refractivity contribution in [3.05, 3.63) is 93.9 Å². The second kappa shape index (κ2) is 6.70. The SMILES string of the molecule is Oc1ccccc1C1C=C(c2cccs2)NC(c2ccc(F)cc2)N1. The van der Waals surface area contributed by atoms with E-state index in [0.717, 1.165) is 21.7 Å². The van der Waals surface area contributed by atoms with Gasteiger partial charge in [-0.25, -0.2) is 4.39 Å². The first kappa shape index (κ1) is 15.9. The van der Waals surface area contributed by atoms with Crippen molar-refractivity contribution in [3.63, 3.8) is 0 Å². The van der Waals surface area contributed by atoms with E-state index in [1.807, 2.05) is 23.6 Å².